The molecular formula is C33H44N2P2Si2. The van der Waals surface area contributed by atoms with Crippen LogP contribution in [0.25, 0.3) is 0 Å². The Morgan fingerprint density at radius 3 is 1.18 bits per heavy atom. The predicted octanol–water partition coefficient (Wildman–Crippen LogP) is 8.14. The van der Waals surface area contributed by atoms with Crippen LogP contribution in [0.5, 0.6) is 0 Å². The van der Waals surface area contributed by atoms with Crippen LogP contribution in [0.4, 0.5) is 11.4 Å². The molecule has 0 aliphatic rings. The van der Waals surface area contributed by atoms with Gasteiger partial charge in [-0.1, -0.05) is 124 Å². The maximum Gasteiger partial charge on any atom is 0.144 e. The monoisotopic (exact) mass is 586 g/mol. The van der Waals surface area contributed by atoms with Gasteiger partial charge < -0.3 is 9.96 Å². The summed E-state index contributed by atoms with van der Waals surface area (Å²) < 4.78 is 0. The fourth-order valence-electron chi connectivity index (χ4n) is 4.79. The summed E-state index contributed by atoms with van der Waals surface area (Å²) in [5.74, 6) is 0. The van der Waals surface area contributed by atoms with Gasteiger partial charge in [0.15, 0.2) is 0 Å². The van der Waals surface area contributed by atoms with Crippen molar-refractivity contribution in [3.8, 4) is 0 Å². The second-order valence-electron chi connectivity index (χ2n) is 12.2. The smallest absolute Gasteiger partial charge is 0.144 e. The first-order valence-corrected chi connectivity index (χ1v) is 24.0. The predicted molar refractivity (Wildman–Crippen MR) is 186 cm³/mol. The zero-order chi connectivity index (χ0) is 27.9. The number of benzene rings is 4. The molecule has 6 heteroatoms. The lowest BCUT2D eigenvalue weighted by atomic mass is 10.3. The maximum absolute atomic E-state index is 3.82. The Kier molecular flexibility index (Phi) is 10.2. The third-order valence-corrected chi connectivity index (χ3v) is 13.5. The zero-order valence-corrected chi connectivity index (χ0v) is 28.2. The summed E-state index contributed by atoms with van der Waals surface area (Å²) in [5.41, 5.74) is 2.54. The van der Waals surface area contributed by atoms with Gasteiger partial charge >= 0.3 is 0 Å². The molecule has 2 unspecified atom stereocenters. The first-order chi connectivity index (χ1) is 18.6. The topological polar surface area (TPSA) is 24.1 Å². The fourth-order valence-corrected chi connectivity index (χ4v) is 11.8. The number of nitrogens with one attached hydrogen (secondary N) is 2. The van der Waals surface area contributed by atoms with Crippen LogP contribution in [0.1, 0.15) is 6.42 Å². The number of hydrogen-bond acceptors (Lipinski definition) is 2. The normalized spacial score (nSPS) is 13.5. The van der Waals surface area contributed by atoms with Crippen molar-refractivity contribution < 1.29 is 0 Å². The molecule has 2 N–H and O–H groups in total. The van der Waals surface area contributed by atoms with Crippen molar-refractivity contribution in [1.82, 2.24) is 0 Å². The lowest BCUT2D eigenvalue weighted by Crippen LogP contribution is -2.32. The molecule has 0 amide bonds. The Hall–Kier alpha value is -2.23. The molecule has 2 nitrogen and oxygen atoms in total. The lowest BCUT2D eigenvalue weighted by molar-refractivity contribution is 1.11. The van der Waals surface area contributed by atoms with Crippen molar-refractivity contribution in [2.24, 2.45) is 0 Å². The van der Waals surface area contributed by atoms with E-state index < -0.39 is 32.3 Å². The largest absolute Gasteiger partial charge is 0.411 e. The van der Waals surface area contributed by atoms with E-state index in [0.29, 0.717) is 0 Å². The van der Waals surface area contributed by atoms with Crippen LogP contribution >= 0.6 is 15.8 Å². The number of hydrogen-bond donors (Lipinski definition) is 2. The van der Waals surface area contributed by atoms with Gasteiger partial charge in [0.25, 0.3) is 0 Å². The molecule has 0 radical (unpaired) electrons. The zero-order valence-electron chi connectivity index (χ0n) is 24.4. The molecule has 0 aliphatic carbocycles. The van der Waals surface area contributed by atoms with E-state index in [1.807, 2.05) is 0 Å². The maximum atomic E-state index is 3.82. The van der Waals surface area contributed by atoms with Gasteiger partial charge in [0.2, 0.25) is 0 Å². The van der Waals surface area contributed by atoms with Gasteiger partial charge in [-0.2, -0.15) is 0 Å². The van der Waals surface area contributed by atoms with Crippen molar-refractivity contribution in [2.75, 3.05) is 22.3 Å². The van der Waals surface area contributed by atoms with E-state index in [2.05, 4.69) is 158 Å². The van der Waals surface area contributed by atoms with Gasteiger partial charge in [-0.3, -0.25) is 0 Å². The third kappa shape index (κ3) is 9.43. The molecule has 204 valence electrons. The second-order valence-corrected chi connectivity index (χ2v) is 26.4. The van der Waals surface area contributed by atoms with Crippen LogP contribution in [0.2, 0.25) is 39.3 Å². The highest BCUT2D eigenvalue weighted by atomic mass is 31.1. The Morgan fingerprint density at radius 2 is 0.821 bits per heavy atom. The van der Waals surface area contributed by atoms with Crippen LogP contribution in [-0.2, 0) is 0 Å². The molecule has 0 saturated carbocycles. The molecule has 0 saturated heterocycles. The minimum absolute atomic E-state index is 0.423. The third-order valence-electron chi connectivity index (χ3n) is 6.25. The SMILES string of the molecule is C[Si](C)(C)Nc1cccc(P(CCCP(c2ccccc2)c2cccc(N[Si](C)(C)C)c2)c2ccccc2)c1. The molecule has 0 fully saturated rings. The van der Waals surface area contributed by atoms with Crippen molar-refractivity contribution >= 4 is 64.9 Å². The minimum atomic E-state index is -1.41. The summed E-state index contributed by atoms with van der Waals surface area (Å²) in [6, 6.07) is 40.9. The molecule has 4 aromatic rings. The Labute approximate surface area is 241 Å². The van der Waals surface area contributed by atoms with Crippen LogP contribution < -0.4 is 31.2 Å². The van der Waals surface area contributed by atoms with Crippen molar-refractivity contribution in [3.63, 3.8) is 0 Å². The van der Waals surface area contributed by atoms with E-state index >= 15 is 0 Å². The average molecular weight is 587 g/mol. The van der Waals surface area contributed by atoms with Crippen molar-refractivity contribution in [2.45, 2.75) is 45.7 Å². The van der Waals surface area contributed by atoms with E-state index in [4.69, 9.17) is 0 Å². The van der Waals surface area contributed by atoms with Crippen LogP contribution in [-0.4, -0.2) is 28.8 Å². The molecule has 2 atom stereocenters. The van der Waals surface area contributed by atoms with Gasteiger partial charge in [0.05, 0.1) is 0 Å². The first-order valence-electron chi connectivity index (χ1n) is 14.0. The molecule has 0 aliphatic heterocycles. The number of rotatable bonds is 12. The van der Waals surface area contributed by atoms with Gasteiger partial charge in [-0.05, 0) is 80.1 Å². The number of anilines is 2. The van der Waals surface area contributed by atoms with Crippen molar-refractivity contribution in [1.29, 1.82) is 0 Å². The summed E-state index contributed by atoms with van der Waals surface area (Å²) in [6.45, 7) is 14.2. The summed E-state index contributed by atoms with van der Waals surface area (Å²) in [4.78, 5) is 7.63. The molecule has 4 rings (SSSR count). The van der Waals surface area contributed by atoms with Crippen LogP contribution in [0.15, 0.2) is 109 Å². The average Bonchev–Trinajstić information content (AvgIpc) is 2.88. The fraction of sp³-hybridized carbons (Fsp3) is 0.273. The molecule has 0 aromatic heterocycles. The van der Waals surface area contributed by atoms with E-state index in [1.165, 1.54) is 51.3 Å². The second kappa shape index (κ2) is 13.4. The van der Waals surface area contributed by atoms with Gasteiger partial charge in [0, 0.05) is 11.4 Å². The first kappa shape index (κ1) is 29.7. The quantitative estimate of drug-likeness (QED) is 0.129. The van der Waals surface area contributed by atoms with E-state index in [1.54, 1.807) is 0 Å². The molecule has 0 spiro atoms. The Bertz CT molecular complexity index is 1220. The summed E-state index contributed by atoms with van der Waals surface area (Å²) in [6.07, 6.45) is 3.61. The molecule has 0 bridgehead atoms. The van der Waals surface area contributed by atoms with E-state index in [-0.39, 0.29) is 0 Å². The standard InChI is InChI=1S/C33H44N2P2Si2/c1-38(2,3)34-28-16-13-22-32(26-28)36(30-18-9-7-10-19-30)24-15-25-37(31-20-11-8-12-21-31)33-23-14-17-29(27-33)35-39(4,5)6/h7-14,16-23,26-27,34-35H,15,24-25H2,1-6H3. The van der Waals surface area contributed by atoms with Crippen molar-refractivity contribution in [3.05, 3.63) is 109 Å². The van der Waals surface area contributed by atoms with Crippen LogP contribution in [0.3, 0.4) is 0 Å². The summed E-state index contributed by atoms with van der Waals surface area (Å²) >= 11 is 0. The van der Waals surface area contributed by atoms with Gasteiger partial charge in [-0.15, -0.1) is 0 Å². The molecule has 4 aromatic carbocycles. The molecule has 0 heterocycles. The highest BCUT2D eigenvalue weighted by Crippen LogP contribution is 2.40. The Balaban J connectivity index is 1.59. The van der Waals surface area contributed by atoms with Gasteiger partial charge in [-0.25, -0.2) is 0 Å². The summed E-state index contributed by atoms with van der Waals surface area (Å²) in [5, 5.41) is 5.90. The summed E-state index contributed by atoms with van der Waals surface area (Å²) in [7, 11) is -3.67. The molecule has 39 heavy (non-hydrogen) atoms. The van der Waals surface area contributed by atoms with Gasteiger partial charge in [0.1, 0.15) is 16.5 Å². The highest BCUT2D eigenvalue weighted by molar-refractivity contribution is 7.74. The Morgan fingerprint density at radius 1 is 0.462 bits per heavy atom. The van der Waals surface area contributed by atoms with Crippen LogP contribution in [0, 0.1) is 0 Å². The van der Waals surface area contributed by atoms with E-state index in [0.717, 1.165) is 0 Å². The highest BCUT2D eigenvalue weighted by Gasteiger charge is 2.20. The minimum Gasteiger partial charge on any atom is -0.411 e. The lowest BCUT2D eigenvalue weighted by Gasteiger charge is -2.25. The molecular weight excluding hydrogens is 542 g/mol. The van der Waals surface area contributed by atoms with E-state index in [9.17, 15) is 0 Å².